The summed E-state index contributed by atoms with van der Waals surface area (Å²) in [6, 6.07) is 13.6. The Morgan fingerprint density at radius 2 is 1.71 bits per heavy atom. The zero-order valence-corrected chi connectivity index (χ0v) is 15.6. The highest BCUT2D eigenvalue weighted by molar-refractivity contribution is 6.12. The molecule has 146 valence electrons. The third-order valence-electron chi connectivity index (χ3n) is 4.27. The van der Waals surface area contributed by atoms with Crippen LogP contribution in [0.15, 0.2) is 59.2 Å². The summed E-state index contributed by atoms with van der Waals surface area (Å²) in [6.07, 6.45) is 1.65. The number of esters is 1. The highest BCUT2D eigenvalue weighted by Crippen LogP contribution is 2.22. The molecule has 0 saturated heterocycles. The molecular weight excluding hydrogens is 366 g/mol. The fraction of sp³-hybridized carbons (Fsp3) is 0.238. The monoisotopic (exact) mass is 386 g/mol. The van der Waals surface area contributed by atoms with Gasteiger partial charge in [0.1, 0.15) is 5.75 Å². The Morgan fingerprint density at radius 3 is 2.29 bits per heavy atom. The van der Waals surface area contributed by atoms with E-state index in [1.165, 1.54) is 24.3 Å². The van der Waals surface area contributed by atoms with Crippen molar-refractivity contribution < 1.29 is 23.0 Å². The number of alkyl halides is 2. The largest absolute Gasteiger partial charge is 0.435 e. The molecule has 1 aliphatic rings. The van der Waals surface area contributed by atoms with Gasteiger partial charge in [0.2, 0.25) is 5.90 Å². The molecule has 0 aliphatic carbocycles. The van der Waals surface area contributed by atoms with Crippen molar-refractivity contribution in [2.24, 2.45) is 4.99 Å². The van der Waals surface area contributed by atoms with Crippen LogP contribution in [-0.2, 0) is 9.53 Å². The Hall–Kier alpha value is -3.22. The van der Waals surface area contributed by atoms with Crippen LogP contribution in [0.5, 0.6) is 5.75 Å². The van der Waals surface area contributed by atoms with Crippen molar-refractivity contribution in [3.63, 3.8) is 0 Å². The van der Waals surface area contributed by atoms with Crippen LogP contribution in [0.3, 0.4) is 0 Å². The van der Waals surface area contributed by atoms with Gasteiger partial charge in [-0.25, -0.2) is 9.79 Å². The van der Waals surface area contributed by atoms with Crippen molar-refractivity contribution in [2.75, 3.05) is 18.0 Å². The lowest BCUT2D eigenvalue weighted by atomic mass is 10.1. The lowest BCUT2D eigenvalue weighted by Crippen LogP contribution is -2.21. The summed E-state index contributed by atoms with van der Waals surface area (Å²) in [4.78, 5) is 18.5. The van der Waals surface area contributed by atoms with E-state index in [-0.39, 0.29) is 17.3 Å². The van der Waals surface area contributed by atoms with E-state index in [0.717, 1.165) is 24.3 Å². The Kier molecular flexibility index (Phi) is 6.03. The predicted octanol–water partition coefficient (Wildman–Crippen LogP) is 4.48. The predicted molar refractivity (Wildman–Crippen MR) is 104 cm³/mol. The molecule has 0 aromatic heterocycles. The molecule has 2 aromatic carbocycles. The molecule has 0 amide bonds. The van der Waals surface area contributed by atoms with E-state index >= 15 is 0 Å². The lowest BCUT2D eigenvalue weighted by Gasteiger charge is -2.20. The number of rotatable bonds is 7. The number of carbonyl (C=O) groups excluding carboxylic acids is 1. The molecule has 0 atom stereocenters. The average Bonchev–Trinajstić information content (AvgIpc) is 3.04. The van der Waals surface area contributed by atoms with E-state index in [1.807, 2.05) is 24.3 Å². The molecule has 7 heteroatoms. The maximum atomic E-state index is 12.2. The van der Waals surface area contributed by atoms with Gasteiger partial charge < -0.3 is 14.4 Å². The van der Waals surface area contributed by atoms with Crippen molar-refractivity contribution >= 4 is 23.6 Å². The Morgan fingerprint density at radius 1 is 1.07 bits per heavy atom. The minimum absolute atomic E-state index is 0.0210. The Bertz CT molecular complexity index is 887. The molecule has 2 aromatic rings. The fourth-order valence-corrected chi connectivity index (χ4v) is 2.84. The number of benzene rings is 2. The van der Waals surface area contributed by atoms with Gasteiger partial charge in [-0.3, -0.25) is 0 Å². The maximum absolute atomic E-state index is 12.2. The summed E-state index contributed by atoms with van der Waals surface area (Å²) in [5.74, 6) is -0.414. The molecule has 1 heterocycles. The zero-order valence-electron chi connectivity index (χ0n) is 15.6. The van der Waals surface area contributed by atoms with Crippen molar-refractivity contribution in [1.82, 2.24) is 0 Å². The number of anilines is 1. The highest BCUT2D eigenvalue weighted by Gasteiger charge is 2.24. The number of ether oxygens (including phenoxy) is 2. The highest BCUT2D eigenvalue weighted by atomic mass is 19.3. The van der Waals surface area contributed by atoms with Gasteiger partial charge in [-0.05, 0) is 61.9 Å². The van der Waals surface area contributed by atoms with E-state index < -0.39 is 12.6 Å². The first-order valence-corrected chi connectivity index (χ1v) is 8.93. The molecule has 28 heavy (non-hydrogen) atoms. The molecule has 0 fully saturated rings. The van der Waals surface area contributed by atoms with E-state index in [9.17, 15) is 13.6 Å². The van der Waals surface area contributed by atoms with Crippen LogP contribution in [0.1, 0.15) is 25.0 Å². The molecule has 0 spiro atoms. The summed E-state index contributed by atoms with van der Waals surface area (Å²) < 4.78 is 33.9. The normalized spacial score (nSPS) is 15.0. The zero-order chi connectivity index (χ0) is 20.1. The molecule has 0 N–H and O–H groups in total. The van der Waals surface area contributed by atoms with Crippen LogP contribution >= 0.6 is 0 Å². The van der Waals surface area contributed by atoms with E-state index in [4.69, 9.17) is 4.74 Å². The summed E-state index contributed by atoms with van der Waals surface area (Å²) >= 11 is 0. The summed E-state index contributed by atoms with van der Waals surface area (Å²) in [7, 11) is 0. The summed E-state index contributed by atoms with van der Waals surface area (Å²) in [5, 5.41) is 0. The third kappa shape index (κ3) is 4.54. The molecule has 0 bridgehead atoms. The minimum atomic E-state index is -2.89. The quantitative estimate of drug-likeness (QED) is 0.520. The van der Waals surface area contributed by atoms with Gasteiger partial charge >= 0.3 is 12.6 Å². The van der Waals surface area contributed by atoms with Gasteiger partial charge in [0.25, 0.3) is 0 Å². The molecule has 5 nitrogen and oxygen atoms in total. The number of carbonyl (C=O) groups is 1. The number of halogens is 2. The lowest BCUT2D eigenvalue weighted by molar-refractivity contribution is -0.129. The van der Waals surface area contributed by atoms with Gasteiger partial charge in [0, 0.05) is 24.3 Å². The Balaban J connectivity index is 1.77. The molecule has 0 saturated carbocycles. The second kappa shape index (κ2) is 8.65. The number of hydrogen-bond donors (Lipinski definition) is 0. The van der Waals surface area contributed by atoms with Gasteiger partial charge in [-0.2, -0.15) is 8.78 Å². The first kappa shape index (κ1) is 19.5. The van der Waals surface area contributed by atoms with Crippen LogP contribution in [-0.4, -0.2) is 31.6 Å². The number of aliphatic imine (C=N–C) groups is 1. The summed E-state index contributed by atoms with van der Waals surface area (Å²) in [6.45, 7) is 3.12. The first-order valence-electron chi connectivity index (χ1n) is 8.93. The van der Waals surface area contributed by atoms with Crippen LogP contribution in [0.4, 0.5) is 14.5 Å². The van der Waals surface area contributed by atoms with Crippen LogP contribution in [0.25, 0.3) is 6.08 Å². The van der Waals surface area contributed by atoms with Crippen molar-refractivity contribution in [3.05, 3.63) is 65.4 Å². The summed E-state index contributed by atoms with van der Waals surface area (Å²) in [5.41, 5.74) is 2.61. The smallest absolute Gasteiger partial charge is 0.387 e. The van der Waals surface area contributed by atoms with Crippen molar-refractivity contribution in [1.29, 1.82) is 0 Å². The van der Waals surface area contributed by atoms with Crippen molar-refractivity contribution in [2.45, 2.75) is 20.5 Å². The maximum Gasteiger partial charge on any atom is 0.387 e. The van der Waals surface area contributed by atoms with Gasteiger partial charge in [-0.15, -0.1) is 0 Å². The van der Waals surface area contributed by atoms with Gasteiger partial charge in [-0.1, -0.05) is 12.1 Å². The molecule has 0 radical (unpaired) electrons. The second-order valence-corrected chi connectivity index (χ2v) is 6.00. The first-order chi connectivity index (χ1) is 13.5. The minimum Gasteiger partial charge on any atom is -0.435 e. The second-order valence-electron chi connectivity index (χ2n) is 6.00. The third-order valence-corrected chi connectivity index (χ3v) is 4.27. The van der Waals surface area contributed by atoms with E-state index in [0.29, 0.717) is 5.56 Å². The Labute approximate surface area is 161 Å². The molecule has 3 rings (SSSR count). The van der Waals surface area contributed by atoms with Crippen molar-refractivity contribution in [3.8, 4) is 5.75 Å². The fourth-order valence-electron chi connectivity index (χ4n) is 2.84. The standard InChI is InChI=1S/C21H20F2N2O3/c1-3-25(4-2)16-9-5-14(6-10-16)13-18-20(26)28-19(24-18)15-7-11-17(12-8-15)27-21(22)23/h5-13,21H,3-4H2,1-2H3. The van der Waals surface area contributed by atoms with Crippen LogP contribution < -0.4 is 9.64 Å². The topological polar surface area (TPSA) is 51.1 Å². The number of cyclic esters (lactones) is 1. The van der Waals surface area contributed by atoms with Gasteiger partial charge in [0.15, 0.2) is 5.70 Å². The van der Waals surface area contributed by atoms with Crippen LogP contribution in [0.2, 0.25) is 0 Å². The molecule has 1 aliphatic heterocycles. The van der Waals surface area contributed by atoms with E-state index in [1.54, 1.807) is 6.08 Å². The van der Waals surface area contributed by atoms with Crippen LogP contribution in [0, 0.1) is 0 Å². The van der Waals surface area contributed by atoms with Gasteiger partial charge in [0.05, 0.1) is 0 Å². The van der Waals surface area contributed by atoms with E-state index in [2.05, 4.69) is 28.5 Å². The number of hydrogen-bond acceptors (Lipinski definition) is 5. The molecular formula is C21H20F2N2O3. The molecule has 0 unspecified atom stereocenters. The number of nitrogens with zero attached hydrogens (tertiary/aromatic N) is 2. The average molecular weight is 386 g/mol. The SMILES string of the molecule is CCN(CC)c1ccc(C=C2N=C(c3ccc(OC(F)F)cc3)OC2=O)cc1.